The zero-order valence-electron chi connectivity index (χ0n) is 16.0. The molecule has 1 spiro atoms. The number of fused-ring (bicyclic) bond motifs is 1. The minimum Gasteiger partial charge on any atom is -0.477 e. The second-order valence-electron chi connectivity index (χ2n) is 9.06. The van der Waals surface area contributed by atoms with Gasteiger partial charge in [-0.3, -0.25) is 4.79 Å². The molecule has 0 amide bonds. The number of carbonyl (C=O) groups is 1. The van der Waals surface area contributed by atoms with E-state index in [1.54, 1.807) is 10.6 Å². The molecule has 28 heavy (non-hydrogen) atoms. The average molecular weight is 385 g/mol. The van der Waals surface area contributed by atoms with Crippen LogP contribution in [0.3, 0.4) is 0 Å². The van der Waals surface area contributed by atoms with E-state index in [0.29, 0.717) is 17.3 Å². The van der Waals surface area contributed by atoms with Crippen molar-refractivity contribution >= 4 is 22.6 Å². The zero-order chi connectivity index (χ0) is 20.0. The van der Waals surface area contributed by atoms with E-state index in [-0.39, 0.29) is 16.5 Å². The van der Waals surface area contributed by atoms with Crippen molar-refractivity contribution in [2.75, 3.05) is 18.0 Å². The van der Waals surface area contributed by atoms with Gasteiger partial charge in [0.2, 0.25) is 5.43 Å². The van der Waals surface area contributed by atoms with Crippen molar-refractivity contribution in [3.63, 3.8) is 0 Å². The number of anilines is 1. The Balaban J connectivity index is 1.70. The first kappa shape index (κ1) is 17.7. The van der Waals surface area contributed by atoms with E-state index >= 15 is 0 Å². The summed E-state index contributed by atoms with van der Waals surface area (Å²) in [6.45, 7) is 5.63. The van der Waals surface area contributed by atoms with Gasteiger partial charge in [-0.2, -0.15) is 0 Å². The number of pyridine rings is 1. The Labute approximate surface area is 161 Å². The number of aryl methyl sites for hydroxylation is 1. The molecule has 5 rings (SSSR count). The molecular formula is C21H24FN3O3. The van der Waals surface area contributed by atoms with Gasteiger partial charge in [0.1, 0.15) is 11.7 Å². The minimum absolute atomic E-state index is 0.155. The number of halogens is 1. The van der Waals surface area contributed by atoms with Gasteiger partial charge in [0.15, 0.2) is 0 Å². The molecule has 3 aliphatic rings. The first-order valence-corrected chi connectivity index (χ1v) is 9.75. The molecule has 0 unspecified atom stereocenters. The molecule has 1 aliphatic heterocycles. The van der Waals surface area contributed by atoms with Crippen LogP contribution in [-0.2, 0) is 0 Å². The van der Waals surface area contributed by atoms with E-state index in [4.69, 9.17) is 5.73 Å². The number of rotatable bonds is 3. The van der Waals surface area contributed by atoms with Crippen molar-refractivity contribution in [1.82, 2.24) is 4.57 Å². The maximum atomic E-state index is 13.9. The van der Waals surface area contributed by atoms with Crippen molar-refractivity contribution in [2.24, 2.45) is 11.1 Å². The molecule has 1 saturated heterocycles. The van der Waals surface area contributed by atoms with E-state index in [1.807, 2.05) is 13.0 Å². The molecule has 3 N–H and O–H groups in total. The van der Waals surface area contributed by atoms with Crippen LogP contribution in [0.4, 0.5) is 10.1 Å². The van der Waals surface area contributed by atoms with Crippen LogP contribution in [0.2, 0.25) is 0 Å². The Morgan fingerprint density at radius 3 is 2.54 bits per heavy atom. The van der Waals surface area contributed by atoms with Crippen molar-refractivity contribution < 1.29 is 14.3 Å². The summed E-state index contributed by atoms with van der Waals surface area (Å²) in [6, 6.07) is 3.15. The third-order valence-electron chi connectivity index (χ3n) is 7.11. The summed E-state index contributed by atoms with van der Waals surface area (Å²) in [5, 5.41) is 9.74. The van der Waals surface area contributed by atoms with Gasteiger partial charge in [-0.15, -0.1) is 0 Å². The smallest absolute Gasteiger partial charge is 0.341 e. The van der Waals surface area contributed by atoms with Crippen LogP contribution in [0.15, 0.2) is 23.1 Å². The average Bonchev–Trinajstić information content (AvgIpc) is 3.51. The Morgan fingerprint density at radius 2 is 2.00 bits per heavy atom. The maximum Gasteiger partial charge on any atom is 0.341 e. The number of hydrogen-bond acceptors (Lipinski definition) is 4. The van der Waals surface area contributed by atoms with Crippen LogP contribution in [0.5, 0.6) is 0 Å². The normalized spacial score (nSPS) is 30.2. The summed E-state index contributed by atoms with van der Waals surface area (Å²) >= 11 is 0. The van der Waals surface area contributed by atoms with Crippen LogP contribution in [0.1, 0.15) is 48.1 Å². The third kappa shape index (κ3) is 2.28. The molecular weight excluding hydrogens is 361 g/mol. The molecule has 1 aromatic heterocycles. The Morgan fingerprint density at radius 1 is 1.32 bits per heavy atom. The predicted molar refractivity (Wildman–Crippen MR) is 105 cm³/mol. The molecule has 2 saturated carbocycles. The van der Waals surface area contributed by atoms with E-state index in [1.165, 1.54) is 6.20 Å². The number of nitrogens with two attached hydrogens (primary N) is 1. The Kier molecular flexibility index (Phi) is 3.37. The molecule has 2 heterocycles. The van der Waals surface area contributed by atoms with E-state index in [0.717, 1.165) is 37.2 Å². The first-order chi connectivity index (χ1) is 13.2. The third-order valence-corrected chi connectivity index (χ3v) is 7.11. The summed E-state index contributed by atoms with van der Waals surface area (Å²) in [4.78, 5) is 26.5. The van der Waals surface area contributed by atoms with Crippen molar-refractivity contribution in [3.8, 4) is 0 Å². The Hall–Kier alpha value is -2.41. The first-order valence-electron chi connectivity index (χ1n) is 9.75. The predicted octanol–water partition coefficient (Wildman–Crippen LogP) is 2.61. The summed E-state index contributed by atoms with van der Waals surface area (Å²) in [7, 11) is 0. The lowest BCUT2D eigenvalue weighted by atomic mass is 9.87. The van der Waals surface area contributed by atoms with Gasteiger partial charge in [0.05, 0.1) is 11.6 Å². The highest BCUT2D eigenvalue weighted by molar-refractivity contribution is 5.95. The fraction of sp³-hybridized carbons (Fsp3) is 0.524. The number of alkyl halides is 1. The van der Waals surface area contributed by atoms with Crippen molar-refractivity contribution in [3.05, 3.63) is 39.7 Å². The topological polar surface area (TPSA) is 88.6 Å². The van der Waals surface area contributed by atoms with Gasteiger partial charge >= 0.3 is 5.97 Å². The molecule has 0 radical (unpaired) electrons. The molecule has 7 heteroatoms. The second-order valence-corrected chi connectivity index (χ2v) is 9.06. The maximum absolute atomic E-state index is 13.9. The number of benzene rings is 1. The van der Waals surface area contributed by atoms with Gasteiger partial charge < -0.3 is 20.3 Å². The van der Waals surface area contributed by atoms with Crippen LogP contribution < -0.4 is 16.1 Å². The standard InChI is InChI=1S/C21H24FN3O3/c1-11-15(24-9-20(2,23)21(10-24)5-6-21)4-3-12-17(11)25(16-7-14(16)22)8-13(18(12)26)19(27)28/h3-4,8,14,16H,5-7,9-10,23H2,1-2H3,(H,27,28)/t14-,16+,20+/m0/s1. The number of nitrogens with zero attached hydrogens (tertiary/aromatic N) is 2. The Bertz CT molecular complexity index is 1080. The summed E-state index contributed by atoms with van der Waals surface area (Å²) in [5.74, 6) is -1.28. The number of aromatic nitrogens is 1. The monoisotopic (exact) mass is 385 g/mol. The fourth-order valence-electron chi connectivity index (χ4n) is 5.03. The van der Waals surface area contributed by atoms with E-state index < -0.39 is 23.6 Å². The van der Waals surface area contributed by atoms with Crippen LogP contribution in [0.25, 0.3) is 10.9 Å². The summed E-state index contributed by atoms with van der Waals surface area (Å²) < 4.78 is 15.6. The molecule has 3 fully saturated rings. The summed E-state index contributed by atoms with van der Waals surface area (Å²) in [5.41, 5.74) is 8.13. The van der Waals surface area contributed by atoms with Gasteiger partial charge in [0.25, 0.3) is 0 Å². The lowest BCUT2D eigenvalue weighted by Crippen LogP contribution is -2.45. The second kappa shape index (κ2) is 5.35. The quantitative estimate of drug-likeness (QED) is 0.848. The van der Waals surface area contributed by atoms with Crippen LogP contribution >= 0.6 is 0 Å². The largest absolute Gasteiger partial charge is 0.477 e. The van der Waals surface area contributed by atoms with Gasteiger partial charge in [-0.05, 0) is 44.4 Å². The molecule has 2 aromatic rings. The van der Waals surface area contributed by atoms with Crippen LogP contribution in [-0.4, -0.2) is 40.4 Å². The highest BCUT2D eigenvalue weighted by Gasteiger charge is 2.60. The van der Waals surface area contributed by atoms with E-state index in [2.05, 4.69) is 11.8 Å². The highest BCUT2D eigenvalue weighted by atomic mass is 19.1. The van der Waals surface area contributed by atoms with Gasteiger partial charge in [-0.25, -0.2) is 9.18 Å². The van der Waals surface area contributed by atoms with Crippen molar-refractivity contribution in [2.45, 2.75) is 50.9 Å². The molecule has 3 atom stereocenters. The fourth-order valence-corrected chi connectivity index (χ4v) is 5.03. The zero-order valence-corrected chi connectivity index (χ0v) is 16.0. The van der Waals surface area contributed by atoms with Gasteiger partial charge in [0, 0.05) is 47.7 Å². The van der Waals surface area contributed by atoms with Crippen LogP contribution in [0, 0.1) is 12.3 Å². The molecule has 148 valence electrons. The lowest BCUT2D eigenvalue weighted by molar-refractivity contribution is 0.0694. The van der Waals surface area contributed by atoms with E-state index in [9.17, 15) is 19.1 Å². The minimum atomic E-state index is -1.28. The number of hydrogen-bond donors (Lipinski definition) is 2. The molecule has 6 nitrogen and oxygen atoms in total. The number of carboxylic acids is 1. The highest BCUT2D eigenvalue weighted by Crippen LogP contribution is 2.58. The van der Waals surface area contributed by atoms with Gasteiger partial charge in [-0.1, -0.05) is 0 Å². The lowest BCUT2D eigenvalue weighted by Gasteiger charge is -2.25. The molecule has 2 aliphatic carbocycles. The number of aromatic carboxylic acids is 1. The summed E-state index contributed by atoms with van der Waals surface area (Å²) in [6.07, 6.45) is 2.90. The molecule has 1 aromatic carbocycles. The SMILES string of the molecule is Cc1c(N2CC3(CC3)[C@](C)(N)C2)ccc2c(=O)c(C(=O)O)cn([C@@H]3C[C@@H]3F)c12. The molecule has 0 bridgehead atoms. The number of carboxylic acid groups (broad SMARTS) is 1. The van der Waals surface area contributed by atoms with Crippen molar-refractivity contribution in [1.29, 1.82) is 0 Å².